The Bertz CT molecular complexity index is 1930. The van der Waals surface area contributed by atoms with Crippen molar-refractivity contribution in [2.75, 3.05) is 12.0 Å². The number of carbonyl (C=O) groups is 3. The number of ether oxygens (including phenoxy) is 3. The number of benzene rings is 5. The highest BCUT2D eigenvalue weighted by Crippen LogP contribution is 2.38. The number of nitrogens with one attached hydrogen (secondary N) is 1. The summed E-state index contributed by atoms with van der Waals surface area (Å²) in [5, 5.41) is 4.46. The van der Waals surface area contributed by atoms with E-state index in [-0.39, 0.29) is 5.57 Å². The Hall–Kier alpha value is -5.41. The van der Waals surface area contributed by atoms with Crippen LogP contribution < -0.4 is 24.4 Å². The molecule has 1 N–H and O–H groups in total. The van der Waals surface area contributed by atoms with Crippen LogP contribution in [0.4, 0.5) is 10.5 Å². The molecule has 5 aromatic carbocycles. The topological polar surface area (TPSA) is 94.2 Å². The van der Waals surface area contributed by atoms with Crippen molar-refractivity contribution in [3.8, 4) is 17.2 Å². The molecule has 0 radical (unpaired) electrons. The summed E-state index contributed by atoms with van der Waals surface area (Å²) in [5.74, 6) is -0.111. The van der Waals surface area contributed by atoms with Crippen LogP contribution in [-0.4, -0.2) is 25.0 Å². The van der Waals surface area contributed by atoms with E-state index in [1.54, 1.807) is 36.4 Å². The maximum atomic E-state index is 13.5. The van der Waals surface area contributed by atoms with E-state index in [0.717, 1.165) is 26.8 Å². The highest BCUT2D eigenvalue weighted by atomic mass is 79.9. The predicted molar refractivity (Wildman–Crippen MR) is 175 cm³/mol. The summed E-state index contributed by atoms with van der Waals surface area (Å²) in [6.45, 7) is 0.668. The molecule has 1 aliphatic heterocycles. The van der Waals surface area contributed by atoms with E-state index in [1.807, 2.05) is 72.8 Å². The molecule has 0 unspecified atom stereocenters. The average Bonchev–Trinajstić information content (AvgIpc) is 3.06. The van der Waals surface area contributed by atoms with Crippen molar-refractivity contribution in [2.45, 2.75) is 13.2 Å². The number of barbiturate groups is 1. The number of rotatable bonds is 9. The van der Waals surface area contributed by atoms with Crippen LogP contribution in [0.25, 0.3) is 16.8 Å². The maximum absolute atomic E-state index is 13.5. The first-order chi connectivity index (χ1) is 21.9. The number of anilines is 1. The van der Waals surface area contributed by atoms with Crippen LogP contribution in [0.2, 0.25) is 0 Å². The molecule has 6 rings (SSSR count). The van der Waals surface area contributed by atoms with E-state index in [1.165, 1.54) is 13.2 Å². The van der Waals surface area contributed by atoms with Gasteiger partial charge in [-0.05, 0) is 85.9 Å². The fourth-order valence-corrected chi connectivity index (χ4v) is 5.60. The highest BCUT2D eigenvalue weighted by Gasteiger charge is 2.37. The molecule has 0 spiro atoms. The number of nitrogens with zero attached hydrogens (tertiary/aromatic N) is 1. The van der Waals surface area contributed by atoms with Crippen LogP contribution in [0, 0.1) is 0 Å². The Morgan fingerprint density at radius 2 is 1.53 bits per heavy atom. The second kappa shape index (κ2) is 13.1. The molecule has 0 atom stereocenters. The summed E-state index contributed by atoms with van der Waals surface area (Å²) in [6, 6.07) is 32.9. The zero-order valence-corrected chi connectivity index (χ0v) is 25.7. The van der Waals surface area contributed by atoms with Crippen molar-refractivity contribution >= 4 is 56.3 Å². The number of carbonyl (C=O) groups excluding carboxylic acids is 3. The van der Waals surface area contributed by atoms with Gasteiger partial charge in [0.25, 0.3) is 11.8 Å². The molecule has 1 fully saturated rings. The molecule has 5 aromatic rings. The predicted octanol–water partition coefficient (Wildman–Crippen LogP) is 7.44. The number of imide groups is 2. The van der Waals surface area contributed by atoms with E-state index < -0.39 is 17.8 Å². The highest BCUT2D eigenvalue weighted by molar-refractivity contribution is 9.10. The molecular weight excluding hydrogens is 636 g/mol. The van der Waals surface area contributed by atoms with Gasteiger partial charge in [-0.2, -0.15) is 0 Å². The third-order valence-electron chi connectivity index (χ3n) is 7.26. The van der Waals surface area contributed by atoms with Gasteiger partial charge < -0.3 is 14.2 Å². The summed E-state index contributed by atoms with van der Waals surface area (Å²) in [6.07, 6.45) is 1.41. The van der Waals surface area contributed by atoms with Crippen LogP contribution in [0.3, 0.4) is 0 Å². The molecule has 9 heteroatoms. The minimum Gasteiger partial charge on any atom is -0.493 e. The lowest BCUT2D eigenvalue weighted by molar-refractivity contribution is -0.122. The van der Waals surface area contributed by atoms with Crippen LogP contribution in [-0.2, 0) is 22.8 Å². The molecule has 0 bridgehead atoms. The first-order valence-corrected chi connectivity index (χ1v) is 14.9. The Morgan fingerprint density at radius 1 is 0.800 bits per heavy atom. The van der Waals surface area contributed by atoms with Crippen LogP contribution in [0.5, 0.6) is 17.2 Å². The largest absolute Gasteiger partial charge is 0.493 e. The molecule has 1 saturated heterocycles. The van der Waals surface area contributed by atoms with Gasteiger partial charge in [0.15, 0.2) is 11.5 Å². The summed E-state index contributed by atoms with van der Waals surface area (Å²) in [7, 11) is 1.51. The fraction of sp³-hybridized carbons (Fsp3) is 0.0833. The minimum atomic E-state index is -0.837. The minimum absolute atomic E-state index is 0.211. The van der Waals surface area contributed by atoms with E-state index in [4.69, 9.17) is 14.2 Å². The van der Waals surface area contributed by atoms with Crippen molar-refractivity contribution < 1.29 is 28.6 Å². The van der Waals surface area contributed by atoms with Gasteiger partial charge in [0.05, 0.1) is 17.3 Å². The maximum Gasteiger partial charge on any atom is 0.335 e. The van der Waals surface area contributed by atoms with Gasteiger partial charge in [-0.3, -0.25) is 14.9 Å². The zero-order valence-electron chi connectivity index (χ0n) is 24.2. The fourth-order valence-electron chi connectivity index (χ4n) is 5.02. The molecule has 1 aliphatic rings. The normalized spacial score (nSPS) is 14.0. The van der Waals surface area contributed by atoms with Gasteiger partial charge in [0.1, 0.15) is 24.5 Å². The molecule has 1 heterocycles. The molecule has 4 amide bonds. The Kier molecular flexibility index (Phi) is 8.61. The third-order valence-corrected chi connectivity index (χ3v) is 7.85. The molecule has 45 heavy (non-hydrogen) atoms. The Morgan fingerprint density at radius 3 is 2.31 bits per heavy atom. The Balaban J connectivity index is 1.21. The molecule has 0 saturated carbocycles. The summed E-state index contributed by atoms with van der Waals surface area (Å²) >= 11 is 3.55. The van der Waals surface area contributed by atoms with Crippen LogP contribution in [0.1, 0.15) is 16.7 Å². The van der Waals surface area contributed by atoms with Crippen LogP contribution >= 0.6 is 15.9 Å². The number of amides is 4. The van der Waals surface area contributed by atoms with Crippen molar-refractivity contribution in [2.24, 2.45) is 0 Å². The van der Waals surface area contributed by atoms with E-state index >= 15 is 0 Å². The third kappa shape index (κ3) is 6.44. The van der Waals surface area contributed by atoms with Crippen molar-refractivity contribution in [3.63, 3.8) is 0 Å². The van der Waals surface area contributed by atoms with E-state index in [2.05, 4.69) is 21.2 Å². The summed E-state index contributed by atoms with van der Waals surface area (Å²) < 4.78 is 18.2. The smallest absolute Gasteiger partial charge is 0.335 e. The number of hydrogen-bond donors (Lipinski definition) is 1. The van der Waals surface area contributed by atoms with Gasteiger partial charge in [0, 0.05) is 0 Å². The van der Waals surface area contributed by atoms with E-state index in [0.29, 0.717) is 46.2 Å². The van der Waals surface area contributed by atoms with Gasteiger partial charge >= 0.3 is 6.03 Å². The molecule has 0 aromatic heterocycles. The quantitative estimate of drug-likeness (QED) is 0.130. The summed E-state index contributed by atoms with van der Waals surface area (Å²) in [5.41, 5.74) is 2.59. The average molecular weight is 664 g/mol. The number of methoxy groups -OCH3 is 1. The lowest BCUT2D eigenvalue weighted by atomic mass is 10.1. The molecule has 224 valence electrons. The number of urea groups is 1. The zero-order chi connectivity index (χ0) is 31.3. The van der Waals surface area contributed by atoms with Crippen molar-refractivity contribution in [1.29, 1.82) is 0 Å². The standard InChI is InChI=1S/C36H27BrN2O6/c1-43-32-20-24(19-31(37)33(32)45-22-26-12-7-11-25-10-5-6-13-29(25)26)18-30-34(40)38-36(42)39(35(30)41)27-14-16-28(17-15-27)44-21-23-8-3-2-4-9-23/h2-20H,21-22H2,1H3,(H,38,40,42)/b30-18+. The first-order valence-electron chi connectivity index (χ1n) is 14.1. The van der Waals surface area contributed by atoms with Gasteiger partial charge in [-0.25, -0.2) is 9.69 Å². The second-order valence-corrected chi connectivity index (χ2v) is 11.0. The van der Waals surface area contributed by atoms with Gasteiger partial charge in [-0.1, -0.05) is 72.8 Å². The molecular formula is C36H27BrN2O6. The van der Waals surface area contributed by atoms with Crippen LogP contribution in [0.15, 0.2) is 119 Å². The molecule has 8 nitrogen and oxygen atoms in total. The van der Waals surface area contributed by atoms with Gasteiger partial charge in [0.2, 0.25) is 0 Å². The monoisotopic (exact) mass is 662 g/mol. The van der Waals surface area contributed by atoms with Crippen molar-refractivity contribution in [3.05, 3.63) is 136 Å². The van der Waals surface area contributed by atoms with Gasteiger partial charge in [-0.15, -0.1) is 0 Å². The lowest BCUT2D eigenvalue weighted by Gasteiger charge is -2.26. The number of hydrogen-bond acceptors (Lipinski definition) is 6. The molecule has 0 aliphatic carbocycles. The lowest BCUT2D eigenvalue weighted by Crippen LogP contribution is -2.54. The summed E-state index contributed by atoms with van der Waals surface area (Å²) in [4.78, 5) is 40.0. The Labute approximate surface area is 268 Å². The number of fused-ring (bicyclic) bond motifs is 1. The first kappa shape index (κ1) is 29.7. The van der Waals surface area contributed by atoms with Crippen molar-refractivity contribution in [1.82, 2.24) is 5.32 Å². The SMILES string of the molecule is COc1cc(/C=C2\C(=O)NC(=O)N(c3ccc(OCc4ccccc4)cc3)C2=O)cc(Br)c1OCc1cccc2ccccc12. The van der Waals surface area contributed by atoms with E-state index in [9.17, 15) is 14.4 Å². The number of halogens is 1. The second-order valence-electron chi connectivity index (χ2n) is 10.2.